The lowest BCUT2D eigenvalue weighted by molar-refractivity contribution is 0.149. The third kappa shape index (κ3) is 4.64. The highest BCUT2D eigenvalue weighted by molar-refractivity contribution is 5.91. The van der Waals surface area contributed by atoms with Gasteiger partial charge in [-0.3, -0.25) is 4.98 Å². The maximum absolute atomic E-state index is 13.4. The number of halogens is 1. The first-order valence-corrected chi connectivity index (χ1v) is 8.14. The van der Waals surface area contributed by atoms with E-state index in [0.717, 1.165) is 35.9 Å². The SMILES string of the molecule is Cc1ccc(-c2cncc(F)c2)cc1NC(=O)NCC1=CCCOC1. The van der Waals surface area contributed by atoms with Crippen LogP contribution in [0.3, 0.4) is 0 Å². The zero-order chi connectivity index (χ0) is 17.6. The highest BCUT2D eigenvalue weighted by Crippen LogP contribution is 2.25. The second-order valence-corrected chi connectivity index (χ2v) is 5.93. The first-order chi connectivity index (χ1) is 12.1. The zero-order valence-corrected chi connectivity index (χ0v) is 14.0. The van der Waals surface area contributed by atoms with Gasteiger partial charge < -0.3 is 15.4 Å². The topological polar surface area (TPSA) is 63.2 Å². The second kappa shape index (κ2) is 7.90. The number of anilines is 1. The van der Waals surface area contributed by atoms with E-state index in [1.165, 1.54) is 6.07 Å². The van der Waals surface area contributed by atoms with Crippen molar-refractivity contribution in [1.29, 1.82) is 0 Å². The van der Waals surface area contributed by atoms with Crippen LogP contribution in [0.5, 0.6) is 0 Å². The van der Waals surface area contributed by atoms with Crippen molar-refractivity contribution in [3.05, 3.63) is 59.7 Å². The molecule has 0 bridgehead atoms. The third-order valence-corrected chi connectivity index (χ3v) is 3.98. The molecule has 1 aliphatic rings. The normalized spacial score (nSPS) is 13.9. The summed E-state index contributed by atoms with van der Waals surface area (Å²) in [4.78, 5) is 16.0. The zero-order valence-electron chi connectivity index (χ0n) is 14.0. The van der Waals surface area contributed by atoms with Gasteiger partial charge >= 0.3 is 6.03 Å². The van der Waals surface area contributed by atoms with Gasteiger partial charge in [0.1, 0.15) is 5.82 Å². The van der Waals surface area contributed by atoms with Crippen LogP contribution >= 0.6 is 0 Å². The molecule has 0 spiro atoms. The van der Waals surface area contributed by atoms with E-state index in [9.17, 15) is 9.18 Å². The summed E-state index contributed by atoms with van der Waals surface area (Å²) in [5.41, 5.74) is 4.11. The van der Waals surface area contributed by atoms with Gasteiger partial charge in [-0.25, -0.2) is 9.18 Å². The number of pyridine rings is 1. The second-order valence-electron chi connectivity index (χ2n) is 5.93. The average Bonchev–Trinajstić information content (AvgIpc) is 2.63. The van der Waals surface area contributed by atoms with Crippen molar-refractivity contribution in [3.8, 4) is 11.1 Å². The minimum Gasteiger partial charge on any atom is -0.377 e. The van der Waals surface area contributed by atoms with Crippen LogP contribution in [0.4, 0.5) is 14.9 Å². The van der Waals surface area contributed by atoms with Crippen LogP contribution in [-0.2, 0) is 4.74 Å². The predicted octanol–water partition coefficient (Wildman–Crippen LogP) is 3.66. The predicted molar refractivity (Wildman–Crippen MR) is 94.9 cm³/mol. The molecule has 6 heteroatoms. The van der Waals surface area contributed by atoms with Crippen molar-refractivity contribution in [2.45, 2.75) is 13.3 Å². The molecule has 0 unspecified atom stereocenters. The Morgan fingerprint density at radius 1 is 1.28 bits per heavy atom. The molecule has 1 aromatic heterocycles. The van der Waals surface area contributed by atoms with Crippen LogP contribution in [-0.4, -0.2) is 30.8 Å². The molecule has 2 aromatic rings. The maximum Gasteiger partial charge on any atom is 0.319 e. The van der Waals surface area contributed by atoms with Gasteiger partial charge in [-0.2, -0.15) is 0 Å². The summed E-state index contributed by atoms with van der Waals surface area (Å²) in [5.74, 6) is -0.395. The Bertz CT molecular complexity index is 805. The Labute approximate surface area is 145 Å². The molecule has 130 valence electrons. The quantitative estimate of drug-likeness (QED) is 0.834. The van der Waals surface area contributed by atoms with E-state index in [1.807, 2.05) is 25.1 Å². The van der Waals surface area contributed by atoms with Crippen molar-refractivity contribution in [2.75, 3.05) is 25.1 Å². The van der Waals surface area contributed by atoms with Crippen molar-refractivity contribution in [2.24, 2.45) is 0 Å². The number of rotatable bonds is 4. The Morgan fingerprint density at radius 2 is 2.16 bits per heavy atom. The smallest absolute Gasteiger partial charge is 0.319 e. The van der Waals surface area contributed by atoms with Crippen molar-refractivity contribution in [1.82, 2.24) is 10.3 Å². The molecule has 5 nitrogen and oxygen atoms in total. The minimum atomic E-state index is -0.395. The van der Waals surface area contributed by atoms with Crippen LogP contribution in [0.1, 0.15) is 12.0 Å². The number of amides is 2. The van der Waals surface area contributed by atoms with E-state index in [-0.39, 0.29) is 6.03 Å². The number of benzene rings is 1. The summed E-state index contributed by atoms with van der Waals surface area (Å²) in [6, 6.07) is 6.70. The molecule has 25 heavy (non-hydrogen) atoms. The lowest BCUT2D eigenvalue weighted by Gasteiger charge is -2.15. The fourth-order valence-corrected chi connectivity index (χ4v) is 2.60. The molecule has 0 saturated heterocycles. The van der Waals surface area contributed by atoms with Crippen LogP contribution in [0.25, 0.3) is 11.1 Å². The summed E-state index contributed by atoms with van der Waals surface area (Å²) >= 11 is 0. The molecule has 0 atom stereocenters. The van der Waals surface area contributed by atoms with Gasteiger partial charge in [-0.15, -0.1) is 0 Å². The van der Waals surface area contributed by atoms with Crippen LogP contribution < -0.4 is 10.6 Å². The summed E-state index contributed by atoms with van der Waals surface area (Å²) < 4.78 is 18.7. The number of aryl methyl sites for hydroxylation is 1. The highest BCUT2D eigenvalue weighted by Gasteiger charge is 2.09. The van der Waals surface area contributed by atoms with E-state index in [1.54, 1.807) is 6.20 Å². The van der Waals surface area contributed by atoms with Gasteiger partial charge in [-0.1, -0.05) is 18.2 Å². The molecule has 0 aliphatic carbocycles. The number of nitrogens with one attached hydrogen (secondary N) is 2. The molecule has 0 saturated carbocycles. The maximum atomic E-state index is 13.4. The van der Waals surface area contributed by atoms with Crippen LogP contribution in [0.15, 0.2) is 48.3 Å². The number of aromatic nitrogens is 1. The fraction of sp³-hybridized carbons (Fsp3) is 0.263. The van der Waals surface area contributed by atoms with E-state index < -0.39 is 5.82 Å². The number of carbonyl (C=O) groups is 1. The van der Waals surface area contributed by atoms with Gasteiger partial charge in [0.05, 0.1) is 19.4 Å². The highest BCUT2D eigenvalue weighted by atomic mass is 19.1. The lowest BCUT2D eigenvalue weighted by Crippen LogP contribution is -2.32. The Morgan fingerprint density at radius 3 is 2.92 bits per heavy atom. The molecule has 1 aliphatic heterocycles. The van der Waals surface area contributed by atoms with Crippen molar-refractivity contribution >= 4 is 11.7 Å². The van der Waals surface area contributed by atoms with Gasteiger partial charge in [0.25, 0.3) is 0 Å². The van der Waals surface area contributed by atoms with E-state index in [2.05, 4.69) is 21.7 Å². The fourth-order valence-electron chi connectivity index (χ4n) is 2.60. The first kappa shape index (κ1) is 17.1. The Balaban J connectivity index is 1.68. The minimum absolute atomic E-state index is 0.288. The number of carbonyl (C=O) groups excluding carboxylic acids is 1. The number of hydrogen-bond acceptors (Lipinski definition) is 3. The largest absolute Gasteiger partial charge is 0.377 e. The third-order valence-electron chi connectivity index (χ3n) is 3.98. The number of nitrogens with zero attached hydrogens (tertiary/aromatic N) is 1. The van der Waals surface area contributed by atoms with Crippen LogP contribution in [0.2, 0.25) is 0 Å². The van der Waals surface area contributed by atoms with Gasteiger partial charge in [0, 0.05) is 24.0 Å². The van der Waals surface area contributed by atoms with E-state index in [0.29, 0.717) is 24.4 Å². The number of urea groups is 1. The molecule has 2 N–H and O–H groups in total. The molecule has 0 fully saturated rings. The first-order valence-electron chi connectivity index (χ1n) is 8.14. The van der Waals surface area contributed by atoms with Gasteiger partial charge in [0.2, 0.25) is 0 Å². The molecule has 0 radical (unpaired) electrons. The molecular formula is C19H20FN3O2. The van der Waals surface area contributed by atoms with E-state index in [4.69, 9.17) is 4.74 Å². The van der Waals surface area contributed by atoms with Crippen LogP contribution in [0, 0.1) is 12.7 Å². The molecule has 3 rings (SSSR count). The molecule has 2 heterocycles. The Hall–Kier alpha value is -2.73. The number of ether oxygens (including phenoxy) is 1. The standard InChI is InChI=1S/C19H20FN3O2/c1-13-4-5-15(16-7-17(20)11-21-10-16)8-18(13)23-19(24)22-9-14-3-2-6-25-12-14/h3-5,7-8,10-11H,2,6,9,12H2,1H3,(H2,22,23,24). The summed E-state index contributed by atoms with van der Waals surface area (Å²) in [6.45, 7) is 3.65. The van der Waals surface area contributed by atoms with Gasteiger partial charge in [0.15, 0.2) is 0 Å². The summed E-state index contributed by atoms with van der Waals surface area (Å²) in [6.07, 6.45) is 5.72. The van der Waals surface area contributed by atoms with Crippen molar-refractivity contribution in [3.63, 3.8) is 0 Å². The lowest BCUT2D eigenvalue weighted by atomic mass is 10.0. The average molecular weight is 341 g/mol. The monoisotopic (exact) mass is 341 g/mol. The summed E-state index contributed by atoms with van der Waals surface area (Å²) in [7, 11) is 0. The molecule has 2 amide bonds. The summed E-state index contributed by atoms with van der Waals surface area (Å²) in [5, 5.41) is 5.67. The Kier molecular flexibility index (Phi) is 5.40. The van der Waals surface area contributed by atoms with Crippen molar-refractivity contribution < 1.29 is 13.9 Å². The molecular weight excluding hydrogens is 321 g/mol. The molecule has 1 aromatic carbocycles. The van der Waals surface area contributed by atoms with Gasteiger partial charge in [-0.05, 0) is 42.2 Å². The number of hydrogen-bond donors (Lipinski definition) is 2. The van der Waals surface area contributed by atoms with E-state index >= 15 is 0 Å².